The van der Waals surface area contributed by atoms with Gasteiger partial charge in [-0.1, -0.05) is 12.1 Å². The second kappa shape index (κ2) is 5.42. The molecule has 1 aliphatic heterocycles. The zero-order valence-corrected chi connectivity index (χ0v) is 11.9. The first kappa shape index (κ1) is 12.8. The standard InChI is InChI=1S/C12H13N3O2S2/c1-7-10(19-6-5-18-7)11-14-12(17-15-11)9-8(16)3-2-4-13-9/h2-4,7,10,16H,5-6H2,1H3. The Morgan fingerprint density at radius 2 is 2.21 bits per heavy atom. The molecule has 2 aromatic rings. The van der Waals surface area contributed by atoms with E-state index in [2.05, 4.69) is 22.0 Å². The van der Waals surface area contributed by atoms with Gasteiger partial charge in [-0.15, -0.1) is 11.8 Å². The van der Waals surface area contributed by atoms with Crippen LogP contribution in [-0.2, 0) is 0 Å². The Bertz CT molecular complexity index is 576. The van der Waals surface area contributed by atoms with E-state index in [0.29, 0.717) is 16.8 Å². The molecule has 2 aromatic heterocycles. The molecule has 0 amide bonds. The lowest BCUT2D eigenvalue weighted by molar-refractivity contribution is 0.415. The van der Waals surface area contributed by atoms with Gasteiger partial charge in [0.2, 0.25) is 0 Å². The molecular formula is C12H13N3O2S2. The molecule has 0 aromatic carbocycles. The van der Waals surface area contributed by atoms with E-state index in [-0.39, 0.29) is 16.9 Å². The van der Waals surface area contributed by atoms with Crippen molar-refractivity contribution in [3.05, 3.63) is 24.2 Å². The topological polar surface area (TPSA) is 72.0 Å². The fourth-order valence-electron chi connectivity index (χ4n) is 1.92. The predicted octanol–water partition coefficient (Wildman–Crippen LogP) is 2.75. The second-order valence-corrected chi connectivity index (χ2v) is 6.93. The zero-order chi connectivity index (χ0) is 13.2. The summed E-state index contributed by atoms with van der Waals surface area (Å²) in [5.74, 6) is 3.27. The SMILES string of the molecule is CC1SCCSC1c1noc(-c2ncccc2O)n1. The average molecular weight is 295 g/mol. The monoisotopic (exact) mass is 295 g/mol. The van der Waals surface area contributed by atoms with Crippen LogP contribution in [0, 0.1) is 0 Å². The molecule has 0 radical (unpaired) electrons. The Labute approximate surface area is 119 Å². The van der Waals surface area contributed by atoms with Gasteiger partial charge >= 0.3 is 0 Å². The van der Waals surface area contributed by atoms with Gasteiger partial charge in [0, 0.05) is 23.0 Å². The minimum atomic E-state index is 0.0522. The molecule has 0 spiro atoms. The summed E-state index contributed by atoms with van der Waals surface area (Å²) in [7, 11) is 0. The lowest BCUT2D eigenvalue weighted by atomic mass is 10.3. The van der Waals surface area contributed by atoms with E-state index in [4.69, 9.17) is 4.52 Å². The molecule has 0 bridgehead atoms. The Hall–Kier alpha value is -1.21. The fourth-order valence-corrected chi connectivity index (χ4v) is 4.60. The Morgan fingerprint density at radius 3 is 3.00 bits per heavy atom. The van der Waals surface area contributed by atoms with Crippen molar-refractivity contribution >= 4 is 23.5 Å². The van der Waals surface area contributed by atoms with E-state index in [1.807, 2.05) is 23.5 Å². The van der Waals surface area contributed by atoms with Gasteiger partial charge in [-0.25, -0.2) is 4.98 Å². The Morgan fingerprint density at radius 1 is 1.37 bits per heavy atom. The van der Waals surface area contributed by atoms with Crippen molar-refractivity contribution in [1.29, 1.82) is 0 Å². The first-order valence-electron chi connectivity index (χ1n) is 5.97. The third-order valence-corrected chi connectivity index (χ3v) is 5.96. The molecule has 2 atom stereocenters. The molecule has 1 fully saturated rings. The summed E-state index contributed by atoms with van der Waals surface area (Å²) in [4.78, 5) is 8.45. The van der Waals surface area contributed by atoms with Gasteiger partial charge in [0.25, 0.3) is 5.89 Å². The van der Waals surface area contributed by atoms with Gasteiger partial charge in [-0.2, -0.15) is 16.7 Å². The second-order valence-electron chi connectivity index (χ2n) is 4.20. The van der Waals surface area contributed by atoms with Gasteiger partial charge in [0.05, 0.1) is 5.25 Å². The molecule has 100 valence electrons. The highest BCUT2D eigenvalue weighted by Crippen LogP contribution is 2.41. The van der Waals surface area contributed by atoms with E-state index in [9.17, 15) is 5.11 Å². The molecular weight excluding hydrogens is 282 g/mol. The molecule has 19 heavy (non-hydrogen) atoms. The summed E-state index contributed by atoms with van der Waals surface area (Å²) in [5.41, 5.74) is 0.336. The van der Waals surface area contributed by atoms with E-state index >= 15 is 0 Å². The van der Waals surface area contributed by atoms with Crippen molar-refractivity contribution in [3.63, 3.8) is 0 Å². The van der Waals surface area contributed by atoms with Crippen LogP contribution in [0.25, 0.3) is 11.6 Å². The first-order chi connectivity index (χ1) is 9.25. The highest BCUT2D eigenvalue weighted by atomic mass is 32.2. The minimum Gasteiger partial charge on any atom is -0.505 e. The van der Waals surface area contributed by atoms with Crippen molar-refractivity contribution < 1.29 is 9.63 Å². The number of thioether (sulfide) groups is 2. The summed E-state index contributed by atoms with van der Waals surface area (Å²) in [6.45, 7) is 2.18. The van der Waals surface area contributed by atoms with E-state index in [0.717, 1.165) is 11.5 Å². The third kappa shape index (κ3) is 2.57. The van der Waals surface area contributed by atoms with E-state index < -0.39 is 0 Å². The highest BCUT2D eigenvalue weighted by Gasteiger charge is 2.29. The van der Waals surface area contributed by atoms with Crippen LogP contribution in [0.5, 0.6) is 5.75 Å². The van der Waals surface area contributed by atoms with Crippen molar-refractivity contribution in [1.82, 2.24) is 15.1 Å². The maximum atomic E-state index is 9.74. The van der Waals surface area contributed by atoms with Crippen LogP contribution in [0.15, 0.2) is 22.9 Å². The van der Waals surface area contributed by atoms with E-state index in [1.165, 1.54) is 0 Å². The Kier molecular flexibility index (Phi) is 3.65. The van der Waals surface area contributed by atoms with Crippen LogP contribution in [0.4, 0.5) is 0 Å². The molecule has 5 nitrogen and oxygen atoms in total. The zero-order valence-electron chi connectivity index (χ0n) is 10.3. The van der Waals surface area contributed by atoms with E-state index in [1.54, 1.807) is 18.3 Å². The molecule has 2 unspecified atom stereocenters. The van der Waals surface area contributed by atoms with Crippen LogP contribution < -0.4 is 0 Å². The largest absolute Gasteiger partial charge is 0.505 e. The number of hydrogen-bond acceptors (Lipinski definition) is 7. The normalized spacial score (nSPS) is 23.4. The van der Waals surface area contributed by atoms with Crippen LogP contribution in [0.2, 0.25) is 0 Å². The van der Waals surface area contributed by atoms with Gasteiger partial charge in [0.1, 0.15) is 5.75 Å². The summed E-state index contributed by atoms with van der Waals surface area (Å²) in [5, 5.41) is 14.5. The molecule has 0 saturated carbocycles. The Balaban J connectivity index is 1.89. The van der Waals surface area contributed by atoms with Crippen LogP contribution in [0.3, 0.4) is 0 Å². The third-order valence-electron chi connectivity index (χ3n) is 2.87. The molecule has 1 N–H and O–H groups in total. The van der Waals surface area contributed by atoms with Gasteiger partial charge in [-0.3, -0.25) is 0 Å². The number of aromatic nitrogens is 3. The van der Waals surface area contributed by atoms with Gasteiger partial charge in [-0.05, 0) is 12.1 Å². The summed E-state index contributed by atoms with van der Waals surface area (Å²) < 4.78 is 5.23. The van der Waals surface area contributed by atoms with Gasteiger partial charge < -0.3 is 9.63 Å². The molecule has 0 aliphatic carbocycles. The summed E-state index contributed by atoms with van der Waals surface area (Å²) >= 11 is 3.77. The van der Waals surface area contributed by atoms with Crippen LogP contribution in [0.1, 0.15) is 18.0 Å². The molecule has 7 heteroatoms. The van der Waals surface area contributed by atoms with Crippen molar-refractivity contribution in [2.45, 2.75) is 17.4 Å². The number of aromatic hydroxyl groups is 1. The number of nitrogens with zero attached hydrogens (tertiary/aromatic N) is 3. The van der Waals surface area contributed by atoms with Crippen LogP contribution in [-0.4, -0.2) is 37.0 Å². The number of rotatable bonds is 2. The highest BCUT2D eigenvalue weighted by molar-refractivity contribution is 8.06. The quantitative estimate of drug-likeness (QED) is 0.913. The molecule has 1 aliphatic rings. The maximum absolute atomic E-state index is 9.74. The van der Waals surface area contributed by atoms with Gasteiger partial charge in [0.15, 0.2) is 11.5 Å². The average Bonchev–Trinajstić information content (AvgIpc) is 2.89. The van der Waals surface area contributed by atoms with Crippen molar-refractivity contribution in [2.24, 2.45) is 0 Å². The molecule has 3 heterocycles. The molecule has 3 rings (SSSR count). The van der Waals surface area contributed by atoms with Crippen molar-refractivity contribution in [2.75, 3.05) is 11.5 Å². The molecule has 1 saturated heterocycles. The lowest BCUT2D eigenvalue weighted by Crippen LogP contribution is -2.16. The summed E-state index contributed by atoms with van der Waals surface area (Å²) in [6, 6.07) is 3.21. The number of hydrogen-bond donors (Lipinski definition) is 1. The summed E-state index contributed by atoms with van der Waals surface area (Å²) in [6.07, 6.45) is 1.59. The smallest absolute Gasteiger partial charge is 0.280 e. The predicted molar refractivity (Wildman–Crippen MR) is 76.3 cm³/mol. The minimum absolute atomic E-state index is 0.0522. The van der Waals surface area contributed by atoms with Crippen LogP contribution >= 0.6 is 23.5 Å². The lowest BCUT2D eigenvalue weighted by Gasteiger charge is -2.24. The first-order valence-corrected chi connectivity index (χ1v) is 8.06. The number of pyridine rings is 1. The van der Waals surface area contributed by atoms with Crippen molar-refractivity contribution in [3.8, 4) is 17.3 Å². The maximum Gasteiger partial charge on any atom is 0.280 e. The fraction of sp³-hybridized carbons (Fsp3) is 0.417.